The lowest BCUT2D eigenvalue weighted by atomic mass is 9.89. The normalized spacial score (nSPS) is 18.3. The minimum Gasteiger partial charge on any atom is -0.352 e. The van der Waals surface area contributed by atoms with Crippen LogP contribution in [0.2, 0.25) is 0 Å². The Kier molecular flexibility index (Phi) is 2.73. The summed E-state index contributed by atoms with van der Waals surface area (Å²) in [5.74, 6) is 0.744. The molecule has 0 aromatic carbocycles. The molecule has 3 rings (SSSR count). The van der Waals surface area contributed by atoms with Crippen LogP contribution in [0.1, 0.15) is 38.2 Å². The van der Waals surface area contributed by atoms with Gasteiger partial charge in [0.15, 0.2) is 5.65 Å². The predicted octanol–water partition coefficient (Wildman–Crippen LogP) is 3.03. The number of rotatable bonds is 3. The van der Waals surface area contributed by atoms with Crippen LogP contribution in [0.15, 0.2) is 18.3 Å². The molecule has 0 unspecified atom stereocenters. The van der Waals surface area contributed by atoms with Crippen molar-refractivity contribution in [1.82, 2.24) is 14.6 Å². The van der Waals surface area contributed by atoms with Gasteiger partial charge in [-0.2, -0.15) is 4.98 Å². The molecule has 0 radical (unpaired) electrons. The Morgan fingerprint density at radius 1 is 1.39 bits per heavy atom. The lowest BCUT2D eigenvalue weighted by Crippen LogP contribution is -2.23. The van der Waals surface area contributed by atoms with Crippen LogP contribution in [0.5, 0.6) is 0 Å². The third-order valence-electron chi connectivity index (χ3n) is 3.98. The maximum absolute atomic E-state index is 4.51. The first-order valence-electron chi connectivity index (χ1n) is 6.72. The van der Waals surface area contributed by atoms with Crippen LogP contribution in [-0.4, -0.2) is 21.1 Å². The van der Waals surface area contributed by atoms with E-state index in [4.69, 9.17) is 0 Å². The minimum absolute atomic E-state index is 0.424. The van der Waals surface area contributed by atoms with Crippen LogP contribution < -0.4 is 5.32 Å². The van der Waals surface area contributed by atoms with Crippen molar-refractivity contribution in [3.63, 3.8) is 0 Å². The summed E-state index contributed by atoms with van der Waals surface area (Å²) < 4.78 is 1.83. The fourth-order valence-electron chi connectivity index (χ4n) is 2.76. The fraction of sp³-hybridized carbons (Fsp3) is 0.571. The molecule has 0 bridgehead atoms. The second-order valence-corrected chi connectivity index (χ2v) is 5.81. The highest BCUT2D eigenvalue weighted by molar-refractivity contribution is 5.45. The van der Waals surface area contributed by atoms with Crippen molar-refractivity contribution in [2.75, 3.05) is 11.9 Å². The number of aromatic nitrogens is 3. The number of nitrogens with one attached hydrogen (secondary N) is 1. The zero-order valence-electron chi connectivity index (χ0n) is 11.1. The van der Waals surface area contributed by atoms with Gasteiger partial charge in [-0.3, -0.25) is 0 Å². The molecule has 0 spiro atoms. The van der Waals surface area contributed by atoms with Crippen LogP contribution in [0.4, 0.5) is 5.95 Å². The highest BCUT2D eigenvalue weighted by Crippen LogP contribution is 2.37. The van der Waals surface area contributed by atoms with Crippen molar-refractivity contribution >= 4 is 11.6 Å². The second-order valence-electron chi connectivity index (χ2n) is 5.81. The molecule has 1 aliphatic carbocycles. The maximum Gasteiger partial charge on any atom is 0.243 e. The Morgan fingerprint density at radius 3 is 2.94 bits per heavy atom. The number of pyridine rings is 1. The second kappa shape index (κ2) is 4.26. The molecule has 18 heavy (non-hydrogen) atoms. The molecule has 0 amide bonds. The Hall–Kier alpha value is -1.58. The fourth-order valence-corrected chi connectivity index (χ4v) is 2.76. The molecular weight excluding hydrogens is 224 g/mol. The van der Waals surface area contributed by atoms with Gasteiger partial charge in [0.25, 0.3) is 0 Å². The SMILES string of the molecule is Cc1ccn2nc(NCC3(C)CCCC3)nc2c1. The van der Waals surface area contributed by atoms with E-state index in [-0.39, 0.29) is 0 Å². The van der Waals surface area contributed by atoms with Gasteiger partial charge in [-0.25, -0.2) is 4.52 Å². The standard InChI is InChI=1S/C14H20N4/c1-11-5-8-18-12(9-11)16-13(17-18)15-10-14(2)6-3-4-7-14/h5,8-9H,3-4,6-7,10H2,1-2H3,(H,15,17). The van der Waals surface area contributed by atoms with Gasteiger partial charge < -0.3 is 5.32 Å². The van der Waals surface area contributed by atoms with Gasteiger partial charge in [-0.1, -0.05) is 19.8 Å². The van der Waals surface area contributed by atoms with Crippen LogP contribution in [0.3, 0.4) is 0 Å². The first-order valence-corrected chi connectivity index (χ1v) is 6.72. The molecule has 0 aliphatic heterocycles. The highest BCUT2D eigenvalue weighted by atomic mass is 15.3. The van der Waals surface area contributed by atoms with Gasteiger partial charge in [0.2, 0.25) is 5.95 Å². The molecule has 1 N–H and O–H groups in total. The van der Waals surface area contributed by atoms with E-state index >= 15 is 0 Å². The van der Waals surface area contributed by atoms with Crippen molar-refractivity contribution in [3.05, 3.63) is 23.9 Å². The average molecular weight is 244 g/mol. The van der Waals surface area contributed by atoms with Crippen LogP contribution in [-0.2, 0) is 0 Å². The van der Waals surface area contributed by atoms with E-state index in [9.17, 15) is 0 Å². The zero-order chi connectivity index (χ0) is 12.6. The van der Waals surface area contributed by atoms with Gasteiger partial charge >= 0.3 is 0 Å². The summed E-state index contributed by atoms with van der Waals surface area (Å²) in [6, 6.07) is 4.10. The van der Waals surface area contributed by atoms with E-state index < -0.39 is 0 Å². The van der Waals surface area contributed by atoms with Crippen molar-refractivity contribution in [3.8, 4) is 0 Å². The van der Waals surface area contributed by atoms with Crippen molar-refractivity contribution in [2.45, 2.75) is 39.5 Å². The molecule has 2 heterocycles. The van der Waals surface area contributed by atoms with E-state index in [1.54, 1.807) is 0 Å². The lowest BCUT2D eigenvalue weighted by molar-refractivity contribution is 0.361. The lowest BCUT2D eigenvalue weighted by Gasteiger charge is -2.22. The number of aryl methyl sites for hydroxylation is 1. The minimum atomic E-state index is 0.424. The Bertz CT molecular complexity index is 552. The molecule has 0 atom stereocenters. The zero-order valence-corrected chi connectivity index (χ0v) is 11.1. The Morgan fingerprint density at radius 2 is 2.17 bits per heavy atom. The van der Waals surface area contributed by atoms with Crippen molar-refractivity contribution < 1.29 is 0 Å². The smallest absolute Gasteiger partial charge is 0.243 e. The van der Waals surface area contributed by atoms with E-state index in [1.165, 1.54) is 31.2 Å². The summed E-state index contributed by atoms with van der Waals surface area (Å²) in [7, 11) is 0. The molecule has 1 aliphatic rings. The Labute approximate surface area is 107 Å². The number of hydrogen-bond donors (Lipinski definition) is 1. The van der Waals surface area contributed by atoms with Gasteiger partial charge in [0.05, 0.1) is 0 Å². The predicted molar refractivity (Wildman–Crippen MR) is 72.8 cm³/mol. The molecule has 0 saturated heterocycles. The average Bonchev–Trinajstić information content (AvgIpc) is 2.93. The number of fused-ring (bicyclic) bond motifs is 1. The topological polar surface area (TPSA) is 42.2 Å². The summed E-state index contributed by atoms with van der Waals surface area (Å²) in [6.45, 7) is 5.40. The highest BCUT2D eigenvalue weighted by Gasteiger charge is 2.28. The summed E-state index contributed by atoms with van der Waals surface area (Å²) in [6.07, 6.45) is 7.30. The summed E-state index contributed by atoms with van der Waals surface area (Å²) in [4.78, 5) is 4.51. The maximum atomic E-state index is 4.51. The molecule has 1 saturated carbocycles. The van der Waals surface area contributed by atoms with Crippen molar-refractivity contribution in [1.29, 1.82) is 0 Å². The molecule has 2 aromatic rings. The van der Waals surface area contributed by atoms with E-state index in [1.807, 2.05) is 16.8 Å². The van der Waals surface area contributed by atoms with E-state index in [2.05, 4.69) is 35.3 Å². The number of nitrogens with zero attached hydrogens (tertiary/aromatic N) is 3. The van der Waals surface area contributed by atoms with E-state index in [0.29, 0.717) is 5.41 Å². The van der Waals surface area contributed by atoms with Crippen LogP contribution in [0.25, 0.3) is 5.65 Å². The Balaban J connectivity index is 1.74. The molecule has 1 fully saturated rings. The van der Waals surface area contributed by atoms with Crippen LogP contribution >= 0.6 is 0 Å². The molecule has 4 heteroatoms. The molecule has 4 nitrogen and oxygen atoms in total. The summed E-state index contributed by atoms with van der Waals surface area (Å²) in [5.41, 5.74) is 2.55. The van der Waals surface area contributed by atoms with Gasteiger partial charge in [0.1, 0.15) is 0 Å². The first kappa shape index (κ1) is 11.5. The first-order chi connectivity index (χ1) is 8.65. The monoisotopic (exact) mass is 244 g/mol. The number of anilines is 1. The quantitative estimate of drug-likeness (QED) is 0.902. The molecular formula is C14H20N4. The largest absolute Gasteiger partial charge is 0.352 e. The van der Waals surface area contributed by atoms with Crippen molar-refractivity contribution in [2.24, 2.45) is 5.41 Å². The van der Waals surface area contributed by atoms with Gasteiger partial charge in [0, 0.05) is 12.7 Å². The van der Waals surface area contributed by atoms with Gasteiger partial charge in [-0.05, 0) is 42.9 Å². The summed E-state index contributed by atoms with van der Waals surface area (Å²) in [5, 5.41) is 7.83. The number of hydrogen-bond acceptors (Lipinski definition) is 3. The summed E-state index contributed by atoms with van der Waals surface area (Å²) >= 11 is 0. The van der Waals surface area contributed by atoms with E-state index in [0.717, 1.165) is 18.1 Å². The van der Waals surface area contributed by atoms with Crippen LogP contribution in [0, 0.1) is 12.3 Å². The van der Waals surface area contributed by atoms with Gasteiger partial charge in [-0.15, -0.1) is 5.10 Å². The molecule has 2 aromatic heterocycles. The third kappa shape index (κ3) is 2.19. The third-order valence-corrected chi connectivity index (χ3v) is 3.98. The molecule has 96 valence electrons.